The minimum Gasteiger partial charge on any atom is -0.462 e. The molecule has 1 atom stereocenters. The number of rotatable bonds is 62. The molecule has 0 N–H and O–H groups in total. The van der Waals surface area contributed by atoms with Gasteiger partial charge in [-0.15, -0.1) is 0 Å². The van der Waals surface area contributed by atoms with Crippen molar-refractivity contribution >= 4 is 17.9 Å². The molecule has 436 valence electrons. The maximum Gasteiger partial charge on any atom is 0.306 e. The molecule has 0 radical (unpaired) electrons. The molecule has 0 bridgehead atoms. The lowest BCUT2D eigenvalue weighted by molar-refractivity contribution is -0.167. The van der Waals surface area contributed by atoms with Gasteiger partial charge in [0.05, 0.1) is 0 Å². The number of carbonyl (C=O) groups is 3. The fraction of sp³-hybridized carbons (Fsp3) is 0.897. The van der Waals surface area contributed by atoms with Gasteiger partial charge < -0.3 is 14.2 Å². The van der Waals surface area contributed by atoms with E-state index in [0.29, 0.717) is 19.3 Å². The minimum atomic E-state index is -0.773. The summed E-state index contributed by atoms with van der Waals surface area (Å²) in [5, 5.41) is 0. The highest BCUT2D eigenvalue weighted by atomic mass is 16.6. The van der Waals surface area contributed by atoms with Gasteiger partial charge in [-0.1, -0.05) is 334 Å². The molecule has 0 aromatic carbocycles. The topological polar surface area (TPSA) is 78.9 Å². The van der Waals surface area contributed by atoms with Gasteiger partial charge in [0.2, 0.25) is 0 Å². The standard InChI is InChI=1S/C68H128O6/c1-4-7-10-13-16-18-20-22-24-25-26-27-28-29-30-31-32-33-34-35-36-37-38-39-40-41-42-43-44-46-47-49-52-55-58-61-67(70)73-64-65(63-72-66(69)60-57-54-51-15-12-9-6-3)74-68(71)62-59-56-53-50-48-45-23-21-19-17-14-11-8-5-2/h14,17,21,23,65H,4-13,15-16,18-20,22,24-64H2,1-3H3/b17-14-,23-21-. The molecule has 1 unspecified atom stereocenters. The largest absolute Gasteiger partial charge is 0.462 e. The van der Waals surface area contributed by atoms with Crippen LogP contribution in [0, 0.1) is 0 Å². The van der Waals surface area contributed by atoms with Crippen LogP contribution in [0.2, 0.25) is 0 Å². The predicted octanol–water partition coefficient (Wildman–Crippen LogP) is 22.6. The van der Waals surface area contributed by atoms with Crippen LogP contribution >= 0.6 is 0 Å². The van der Waals surface area contributed by atoms with Crippen LogP contribution in [0.4, 0.5) is 0 Å². The predicted molar refractivity (Wildman–Crippen MR) is 321 cm³/mol. The Hall–Kier alpha value is -2.11. The van der Waals surface area contributed by atoms with E-state index in [9.17, 15) is 14.4 Å². The van der Waals surface area contributed by atoms with Gasteiger partial charge in [0.15, 0.2) is 6.10 Å². The zero-order valence-corrected chi connectivity index (χ0v) is 50.1. The summed E-state index contributed by atoms with van der Waals surface area (Å²) in [5.74, 6) is -0.874. The van der Waals surface area contributed by atoms with E-state index < -0.39 is 6.10 Å². The van der Waals surface area contributed by atoms with E-state index in [4.69, 9.17) is 14.2 Å². The highest BCUT2D eigenvalue weighted by Crippen LogP contribution is 2.19. The molecule has 6 nitrogen and oxygen atoms in total. The zero-order valence-electron chi connectivity index (χ0n) is 50.1. The Morgan fingerprint density at radius 2 is 0.500 bits per heavy atom. The maximum atomic E-state index is 12.8. The first-order chi connectivity index (χ1) is 36.5. The average molecular weight is 1040 g/mol. The Kier molecular flexibility index (Phi) is 61.6. The normalized spacial score (nSPS) is 12.1. The molecule has 0 amide bonds. The number of carbonyl (C=O) groups excluding carboxylic acids is 3. The summed E-state index contributed by atoms with van der Waals surface area (Å²) in [6.07, 6.45) is 76.8. The van der Waals surface area contributed by atoms with Crippen LogP contribution in [-0.4, -0.2) is 37.2 Å². The second-order valence-electron chi connectivity index (χ2n) is 22.7. The van der Waals surface area contributed by atoms with Gasteiger partial charge in [-0.25, -0.2) is 0 Å². The van der Waals surface area contributed by atoms with Crippen LogP contribution in [0.5, 0.6) is 0 Å². The third kappa shape index (κ3) is 60.8. The summed E-state index contributed by atoms with van der Waals surface area (Å²) < 4.78 is 16.8. The van der Waals surface area contributed by atoms with E-state index >= 15 is 0 Å². The molecule has 0 aromatic rings. The van der Waals surface area contributed by atoms with Crippen LogP contribution in [0.3, 0.4) is 0 Å². The van der Waals surface area contributed by atoms with Crippen LogP contribution in [0.1, 0.15) is 374 Å². The first-order valence-electron chi connectivity index (χ1n) is 33.3. The number of esters is 3. The molecule has 0 aliphatic heterocycles. The van der Waals surface area contributed by atoms with Crippen molar-refractivity contribution in [3.8, 4) is 0 Å². The van der Waals surface area contributed by atoms with Crippen LogP contribution in [0.15, 0.2) is 24.3 Å². The van der Waals surface area contributed by atoms with Gasteiger partial charge in [0.1, 0.15) is 13.2 Å². The van der Waals surface area contributed by atoms with E-state index in [0.717, 1.165) is 83.5 Å². The number of unbranched alkanes of at least 4 members (excludes halogenated alkanes) is 47. The average Bonchev–Trinajstić information content (AvgIpc) is 3.40. The molecule has 74 heavy (non-hydrogen) atoms. The van der Waals surface area contributed by atoms with E-state index in [1.807, 2.05) is 0 Å². The fourth-order valence-corrected chi connectivity index (χ4v) is 10.2. The van der Waals surface area contributed by atoms with Crippen LogP contribution < -0.4 is 0 Å². The summed E-state index contributed by atoms with van der Waals surface area (Å²) in [4.78, 5) is 38.0. The smallest absolute Gasteiger partial charge is 0.306 e. The second-order valence-corrected chi connectivity index (χ2v) is 22.7. The molecule has 0 heterocycles. The SMILES string of the molecule is CCCC/C=C\C/C=C\CCCCCCCC(=O)OC(COC(=O)CCCCCCCCC)COC(=O)CCCCCCCCCCCCCCCCCCCCCCCCCCCCCCCCCCCCC. The third-order valence-electron chi connectivity index (χ3n) is 15.2. The van der Waals surface area contributed by atoms with Crippen molar-refractivity contribution in [1.29, 1.82) is 0 Å². The molecule has 0 aromatic heterocycles. The van der Waals surface area contributed by atoms with Crippen molar-refractivity contribution in [3.63, 3.8) is 0 Å². The summed E-state index contributed by atoms with van der Waals surface area (Å²) in [6, 6.07) is 0. The second kappa shape index (κ2) is 63.4. The van der Waals surface area contributed by atoms with Gasteiger partial charge in [0, 0.05) is 19.3 Å². The fourth-order valence-electron chi connectivity index (χ4n) is 10.2. The van der Waals surface area contributed by atoms with Crippen LogP contribution in [0.25, 0.3) is 0 Å². The van der Waals surface area contributed by atoms with Gasteiger partial charge >= 0.3 is 17.9 Å². The highest BCUT2D eigenvalue weighted by molar-refractivity contribution is 5.71. The monoisotopic (exact) mass is 1040 g/mol. The van der Waals surface area contributed by atoms with E-state index in [2.05, 4.69) is 45.1 Å². The molecule has 0 aliphatic carbocycles. The highest BCUT2D eigenvalue weighted by Gasteiger charge is 2.19. The van der Waals surface area contributed by atoms with E-state index in [1.54, 1.807) is 0 Å². The first kappa shape index (κ1) is 71.9. The summed E-state index contributed by atoms with van der Waals surface area (Å²) in [5.41, 5.74) is 0. The molecule has 0 fully saturated rings. The Morgan fingerprint density at radius 3 is 0.784 bits per heavy atom. The van der Waals surface area contributed by atoms with Crippen molar-refractivity contribution in [2.75, 3.05) is 13.2 Å². The van der Waals surface area contributed by atoms with Crippen molar-refractivity contribution in [1.82, 2.24) is 0 Å². The Bertz CT molecular complexity index is 1190. The molecule has 0 rings (SSSR count). The molecule has 0 spiro atoms. The van der Waals surface area contributed by atoms with Crippen LogP contribution in [-0.2, 0) is 28.6 Å². The zero-order chi connectivity index (χ0) is 53.6. The van der Waals surface area contributed by atoms with E-state index in [1.165, 1.54) is 250 Å². The Morgan fingerprint density at radius 1 is 0.270 bits per heavy atom. The van der Waals surface area contributed by atoms with E-state index in [-0.39, 0.29) is 31.1 Å². The molecular weight excluding hydrogens is 913 g/mol. The molecule has 0 saturated carbocycles. The van der Waals surface area contributed by atoms with Crippen molar-refractivity contribution in [2.24, 2.45) is 0 Å². The lowest BCUT2D eigenvalue weighted by atomic mass is 10.0. The van der Waals surface area contributed by atoms with Gasteiger partial charge in [-0.3, -0.25) is 14.4 Å². The third-order valence-corrected chi connectivity index (χ3v) is 15.2. The lowest BCUT2D eigenvalue weighted by Gasteiger charge is -2.18. The minimum absolute atomic E-state index is 0.0724. The maximum absolute atomic E-state index is 12.8. The van der Waals surface area contributed by atoms with Gasteiger partial charge in [-0.2, -0.15) is 0 Å². The number of hydrogen-bond donors (Lipinski definition) is 0. The number of hydrogen-bond acceptors (Lipinski definition) is 6. The summed E-state index contributed by atoms with van der Waals surface area (Å²) >= 11 is 0. The van der Waals surface area contributed by atoms with Gasteiger partial charge in [0.25, 0.3) is 0 Å². The Labute approximate surface area is 462 Å². The number of ether oxygens (including phenoxy) is 3. The summed E-state index contributed by atoms with van der Waals surface area (Å²) in [6.45, 7) is 6.60. The molecule has 6 heteroatoms. The van der Waals surface area contributed by atoms with Gasteiger partial charge in [-0.05, 0) is 44.9 Å². The molecular formula is C68H128O6. The van der Waals surface area contributed by atoms with Crippen molar-refractivity contribution in [3.05, 3.63) is 24.3 Å². The van der Waals surface area contributed by atoms with Crippen molar-refractivity contribution < 1.29 is 28.6 Å². The van der Waals surface area contributed by atoms with Crippen molar-refractivity contribution in [2.45, 2.75) is 380 Å². The molecule has 0 saturated heterocycles. The Balaban J connectivity index is 3.87. The lowest BCUT2D eigenvalue weighted by Crippen LogP contribution is -2.30. The first-order valence-corrected chi connectivity index (χ1v) is 33.3. The number of allylic oxidation sites excluding steroid dienone is 4. The molecule has 0 aliphatic rings. The summed E-state index contributed by atoms with van der Waals surface area (Å²) in [7, 11) is 0. The quantitative estimate of drug-likeness (QED) is 0.0261.